The van der Waals surface area contributed by atoms with Gasteiger partial charge in [-0.05, 0) is 39.7 Å². The van der Waals surface area contributed by atoms with Crippen molar-refractivity contribution >= 4 is 37.4 Å². The van der Waals surface area contributed by atoms with E-state index in [9.17, 15) is 0 Å². The Kier molecular flexibility index (Phi) is 3.35. The molecule has 0 N–H and O–H groups in total. The molecule has 0 aliphatic carbocycles. The second-order valence-electron chi connectivity index (χ2n) is 4.02. The molecule has 18 heavy (non-hydrogen) atoms. The Morgan fingerprint density at radius 2 is 1.89 bits per heavy atom. The standard InChI is InChI=1S/C15H11BrOS/c16-14-10-18-15-8-12(6-7-13(14)15)17-9-11-4-2-1-3-5-11/h1-8,10H,9H2. The Morgan fingerprint density at radius 1 is 1.06 bits per heavy atom. The number of benzene rings is 2. The maximum absolute atomic E-state index is 5.80. The van der Waals surface area contributed by atoms with E-state index in [0.717, 1.165) is 10.2 Å². The Morgan fingerprint density at radius 3 is 2.72 bits per heavy atom. The minimum atomic E-state index is 0.610. The Hall–Kier alpha value is -1.32. The number of ether oxygens (including phenoxy) is 1. The highest BCUT2D eigenvalue weighted by atomic mass is 79.9. The van der Waals surface area contributed by atoms with Crippen LogP contribution in [0.15, 0.2) is 58.4 Å². The first-order valence-electron chi connectivity index (χ1n) is 5.66. The lowest BCUT2D eigenvalue weighted by Gasteiger charge is -2.06. The summed E-state index contributed by atoms with van der Waals surface area (Å²) in [4.78, 5) is 0. The summed E-state index contributed by atoms with van der Waals surface area (Å²) in [6, 6.07) is 16.4. The lowest BCUT2D eigenvalue weighted by molar-refractivity contribution is 0.306. The molecule has 3 aromatic rings. The zero-order chi connectivity index (χ0) is 12.4. The third-order valence-electron chi connectivity index (χ3n) is 2.75. The predicted octanol–water partition coefficient (Wildman–Crippen LogP) is 5.24. The van der Waals surface area contributed by atoms with Crippen molar-refractivity contribution in [3.63, 3.8) is 0 Å². The maximum atomic E-state index is 5.80. The maximum Gasteiger partial charge on any atom is 0.121 e. The summed E-state index contributed by atoms with van der Waals surface area (Å²) in [6.07, 6.45) is 0. The van der Waals surface area contributed by atoms with Crippen LogP contribution >= 0.6 is 27.3 Å². The number of hydrogen-bond donors (Lipinski definition) is 0. The Bertz CT molecular complexity index is 661. The smallest absolute Gasteiger partial charge is 0.121 e. The van der Waals surface area contributed by atoms with Gasteiger partial charge in [-0.25, -0.2) is 0 Å². The van der Waals surface area contributed by atoms with E-state index in [0.29, 0.717) is 6.61 Å². The lowest BCUT2D eigenvalue weighted by Crippen LogP contribution is -1.94. The minimum absolute atomic E-state index is 0.610. The molecule has 1 nitrogen and oxygen atoms in total. The Labute approximate surface area is 118 Å². The highest BCUT2D eigenvalue weighted by Gasteiger charge is 2.03. The van der Waals surface area contributed by atoms with Gasteiger partial charge in [0.2, 0.25) is 0 Å². The van der Waals surface area contributed by atoms with Crippen molar-refractivity contribution < 1.29 is 4.74 Å². The van der Waals surface area contributed by atoms with Crippen LogP contribution in [0.4, 0.5) is 0 Å². The van der Waals surface area contributed by atoms with Crippen LogP contribution in [0.1, 0.15) is 5.56 Å². The molecule has 1 heterocycles. The van der Waals surface area contributed by atoms with Crippen molar-refractivity contribution in [3.8, 4) is 5.75 Å². The summed E-state index contributed by atoms with van der Waals surface area (Å²) >= 11 is 5.26. The summed E-state index contributed by atoms with van der Waals surface area (Å²) in [7, 11) is 0. The monoisotopic (exact) mass is 318 g/mol. The number of rotatable bonds is 3. The molecule has 0 saturated heterocycles. The van der Waals surface area contributed by atoms with E-state index in [4.69, 9.17) is 4.74 Å². The zero-order valence-corrected chi connectivity index (χ0v) is 12.0. The average molecular weight is 319 g/mol. The van der Waals surface area contributed by atoms with Crippen LogP contribution in [0.2, 0.25) is 0 Å². The van der Waals surface area contributed by atoms with Gasteiger partial charge in [-0.3, -0.25) is 0 Å². The van der Waals surface area contributed by atoms with Crippen LogP contribution in [-0.2, 0) is 6.61 Å². The van der Waals surface area contributed by atoms with Gasteiger partial charge < -0.3 is 4.74 Å². The second-order valence-corrected chi connectivity index (χ2v) is 5.78. The van der Waals surface area contributed by atoms with Gasteiger partial charge in [0.25, 0.3) is 0 Å². The number of hydrogen-bond acceptors (Lipinski definition) is 2. The molecular formula is C15H11BrOS. The zero-order valence-electron chi connectivity index (χ0n) is 9.60. The number of thiophene rings is 1. The molecule has 0 fully saturated rings. The van der Waals surface area contributed by atoms with Crippen LogP contribution < -0.4 is 4.74 Å². The van der Waals surface area contributed by atoms with Crippen LogP contribution in [-0.4, -0.2) is 0 Å². The molecule has 0 aliphatic rings. The molecule has 0 radical (unpaired) electrons. The van der Waals surface area contributed by atoms with Gasteiger partial charge >= 0.3 is 0 Å². The van der Waals surface area contributed by atoms with Gasteiger partial charge in [0.05, 0.1) is 0 Å². The largest absolute Gasteiger partial charge is 0.489 e. The van der Waals surface area contributed by atoms with E-state index in [1.165, 1.54) is 15.6 Å². The SMILES string of the molecule is Brc1csc2cc(OCc3ccccc3)ccc12. The van der Waals surface area contributed by atoms with Gasteiger partial charge in [-0.2, -0.15) is 0 Å². The summed E-state index contributed by atoms with van der Waals surface area (Å²) in [5, 5.41) is 3.35. The molecule has 0 unspecified atom stereocenters. The second kappa shape index (κ2) is 5.12. The predicted molar refractivity (Wildman–Crippen MR) is 80.3 cm³/mol. The van der Waals surface area contributed by atoms with Crippen LogP contribution in [0, 0.1) is 0 Å². The lowest BCUT2D eigenvalue weighted by atomic mass is 10.2. The summed E-state index contributed by atoms with van der Waals surface area (Å²) < 4.78 is 8.19. The fourth-order valence-electron chi connectivity index (χ4n) is 1.81. The van der Waals surface area contributed by atoms with E-state index in [1.54, 1.807) is 11.3 Å². The molecule has 0 amide bonds. The van der Waals surface area contributed by atoms with E-state index < -0.39 is 0 Å². The summed E-state index contributed by atoms with van der Waals surface area (Å²) in [5.74, 6) is 0.917. The molecule has 3 rings (SSSR count). The van der Waals surface area contributed by atoms with Gasteiger partial charge in [0, 0.05) is 19.9 Å². The number of fused-ring (bicyclic) bond motifs is 1. The normalized spacial score (nSPS) is 10.7. The fourth-order valence-corrected chi connectivity index (χ4v) is 3.41. The molecule has 1 aromatic heterocycles. The third kappa shape index (κ3) is 2.42. The van der Waals surface area contributed by atoms with Crippen LogP contribution in [0.3, 0.4) is 0 Å². The minimum Gasteiger partial charge on any atom is -0.489 e. The molecular weight excluding hydrogens is 308 g/mol. The van der Waals surface area contributed by atoms with Crippen molar-refractivity contribution in [2.45, 2.75) is 6.61 Å². The first-order valence-corrected chi connectivity index (χ1v) is 7.34. The molecule has 0 bridgehead atoms. The third-order valence-corrected chi connectivity index (χ3v) is 4.65. The van der Waals surface area contributed by atoms with Crippen molar-refractivity contribution in [3.05, 3.63) is 63.9 Å². The molecule has 2 aromatic carbocycles. The quantitative estimate of drug-likeness (QED) is 0.641. The van der Waals surface area contributed by atoms with Gasteiger partial charge in [-0.15, -0.1) is 11.3 Å². The van der Waals surface area contributed by atoms with E-state index in [1.807, 2.05) is 24.3 Å². The van der Waals surface area contributed by atoms with Crippen LogP contribution in [0.5, 0.6) is 5.75 Å². The van der Waals surface area contributed by atoms with Gasteiger partial charge in [-0.1, -0.05) is 30.3 Å². The molecule has 3 heteroatoms. The molecule has 0 atom stereocenters. The summed E-state index contributed by atoms with van der Waals surface area (Å²) in [5.41, 5.74) is 1.19. The molecule has 90 valence electrons. The molecule has 0 aliphatic heterocycles. The first kappa shape index (κ1) is 11.8. The first-order chi connectivity index (χ1) is 8.83. The molecule has 0 saturated carbocycles. The topological polar surface area (TPSA) is 9.23 Å². The number of halogens is 1. The fraction of sp³-hybridized carbons (Fsp3) is 0.0667. The van der Waals surface area contributed by atoms with Gasteiger partial charge in [0.1, 0.15) is 12.4 Å². The molecule has 0 spiro atoms. The summed E-state index contributed by atoms with van der Waals surface area (Å²) in [6.45, 7) is 0.610. The Balaban J connectivity index is 1.79. The van der Waals surface area contributed by atoms with Crippen molar-refractivity contribution in [2.75, 3.05) is 0 Å². The van der Waals surface area contributed by atoms with Crippen molar-refractivity contribution in [2.24, 2.45) is 0 Å². The average Bonchev–Trinajstić information content (AvgIpc) is 2.79. The van der Waals surface area contributed by atoms with Crippen molar-refractivity contribution in [1.82, 2.24) is 0 Å². The van der Waals surface area contributed by atoms with Crippen molar-refractivity contribution in [1.29, 1.82) is 0 Å². The highest BCUT2D eigenvalue weighted by Crippen LogP contribution is 2.32. The van der Waals surface area contributed by atoms with Crippen LogP contribution in [0.25, 0.3) is 10.1 Å². The van der Waals surface area contributed by atoms with E-state index in [2.05, 4.69) is 45.6 Å². The van der Waals surface area contributed by atoms with Gasteiger partial charge in [0.15, 0.2) is 0 Å². The van der Waals surface area contributed by atoms with E-state index in [-0.39, 0.29) is 0 Å². The van der Waals surface area contributed by atoms with E-state index >= 15 is 0 Å². The highest BCUT2D eigenvalue weighted by molar-refractivity contribution is 9.10.